The fourth-order valence-electron chi connectivity index (χ4n) is 1.81. The zero-order valence-corrected chi connectivity index (χ0v) is 15.1. The molecule has 0 atom stereocenters. The van der Waals surface area contributed by atoms with Gasteiger partial charge in [-0.25, -0.2) is 9.37 Å². The van der Waals surface area contributed by atoms with E-state index in [9.17, 15) is 14.6 Å². The minimum atomic E-state index is -0.563. The Bertz CT molecular complexity index is 773. The van der Waals surface area contributed by atoms with Crippen molar-refractivity contribution in [3.05, 3.63) is 57.6 Å². The summed E-state index contributed by atoms with van der Waals surface area (Å²) in [6.45, 7) is 5.19. The van der Waals surface area contributed by atoms with Crippen LogP contribution in [0.5, 0.6) is 5.75 Å². The van der Waals surface area contributed by atoms with E-state index in [-0.39, 0.29) is 28.2 Å². The molecule has 1 aromatic carbocycles. The fourth-order valence-corrected chi connectivity index (χ4v) is 2.19. The average molecular weight is 397 g/mol. The summed E-state index contributed by atoms with van der Waals surface area (Å²) in [5.74, 6) is -0.542. The molecule has 0 aliphatic heterocycles. The Hall–Kier alpha value is -1.99. The molecule has 0 fully saturated rings. The maximum Gasteiger partial charge on any atom is 0.143 e. The van der Waals surface area contributed by atoms with Crippen molar-refractivity contribution in [1.82, 2.24) is 4.98 Å². The van der Waals surface area contributed by atoms with Gasteiger partial charge in [-0.15, -0.1) is 0 Å². The summed E-state index contributed by atoms with van der Waals surface area (Å²) >= 11 is 3.13. The second kappa shape index (κ2) is 7.27. The Morgan fingerprint density at radius 1 is 1.29 bits per heavy atom. The van der Waals surface area contributed by atoms with Gasteiger partial charge in [-0.3, -0.25) is 0 Å². The topological polar surface area (TPSA) is 74.9 Å². The number of aromatic nitrogens is 1. The molecular formula is C17H18BrFN2O3. The number of nitrogens with zero attached hydrogens (tertiary/aromatic N) is 2. The molecule has 2 rings (SSSR count). The molecule has 0 aliphatic rings. The normalized spacial score (nSPS) is 12.3. The van der Waals surface area contributed by atoms with Crippen molar-refractivity contribution in [2.24, 2.45) is 5.16 Å². The molecule has 7 heteroatoms. The molecule has 0 amide bonds. The molecule has 0 unspecified atom stereocenters. The molecule has 2 N–H and O–H groups in total. The molecule has 0 saturated carbocycles. The van der Waals surface area contributed by atoms with Crippen LogP contribution in [0.15, 0.2) is 40.0 Å². The molecule has 0 bridgehead atoms. The lowest BCUT2D eigenvalue weighted by Crippen LogP contribution is -2.18. The van der Waals surface area contributed by atoms with Crippen LogP contribution in [-0.2, 0) is 11.4 Å². The minimum absolute atomic E-state index is 0.121. The van der Waals surface area contributed by atoms with Crippen molar-refractivity contribution < 1.29 is 19.4 Å². The molecule has 24 heavy (non-hydrogen) atoms. The first-order chi connectivity index (χ1) is 11.2. The molecule has 0 radical (unpaired) electrons. The van der Waals surface area contributed by atoms with Crippen LogP contribution in [0.4, 0.5) is 4.39 Å². The van der Waals surface area contributed by atoms with Gasteiger partial charge < -0.3 is 15.1 Å². The number of oxime groups is 1. The minimum Gasteiger partial charge on any atom is -0.506 e. The number of benzene rings is 1. The monoisotopic (exact) mass is 396 g/mol. The molecular weight excluding hydrogens is 379 g/mol. The molecule has 1 heterocycles. The van der Waals surface area contributed by atoms with Crippen LogP contribution < -0.4 is 0 Å². The molecule has 5 nitrogen and oxygen atoms in total. The van der Waals surface area contributed by atoms with Crippen molar-refractivity contribution in [2.75, 3.05) is 0 Å². The van der Waals surface area contributed by atoms with Gasteiger partial charge in [0.25, 0.3) is 0 Å². The third-order valence-electron chi connectivity index (χ3n) is 2.92. The van der Waals surface area contributed by atoms with Crippen LogP contribution in [0.1, 0.15) is 37.7 Å². The van der Waals surface area contributed by atoms with E-state index in [1.165, 1.54) is 30.3 Å². The predicted molar refractivity (Wildman–Crippen MR) is 92.4 cm³/mol. The number of halogens is 2. The van der Waals surface area contributed by atoms with Crippen molar-refractivity contribution >= 4 is 21.6 Å². The Kier molecular flexibility index (Phi) is 5.56. The average Bonchev–Trinajstić information content (AvgIpc) is 2.51. The number of rotatable bonds is 4. The number of hydrogen-bond acceptors (Lipinski definition) is 5. The van der Waals surface area contributed by atoms with Crippen LogP contribution in [0, 0.1) is 5.82 Å². The van der Waals surface area contributed by atoms with E-state index in [0.717, 1.165) is 0 Å². The van der Waals surface area contributed by atoms with Crippen LogP contribution in [0.2, 0.25) is 0 Å². The number of pyridine rings is 1. The Labute approximate surface area is 147 Å². The van der Waals surface area contributed by atoms with Gasteiger partial charge in [0.2, 0.25) is 0 Å². The largest absolute Gasteiger partial charge is 0.506 e. The van der Waals surface area contributed by atoms with Crippen LogP contribution in [-0.4, -0.2) is 26.5 Å². The summed E-state index contributed by atoms with van der Waals surface area (Å²) in [6, 6.07) is 7.23. The van der Waals surface area contributed by atoms with Gasteiger partial charge >= 0.3 is 0 Å². The predicted octanol–water partition coefficient (Wildman–Crippen LogP) is 3.75. The van der Waals surface area contributed by atoms with Crippen LogP contribution >= 0.6 is 15.9 Å². The van der Waals surface area contributed by atoms with E-state index < -0.39 is 11.4 Å². The van der Waals surface area contributed by atoms with Gasteiger partial charge in [-0.05, 0) is 67.0 Å². The lowest BCUT2D eigenvalue weighted by Gasteiger charge is -2.17. The summed E-state index contributed by atoms with van der Waals surface area (Å²) in [7, 11) is 0. The lowest BCUT2D eigenvalue weighted by atomic mass is 10.1. The standard InChI is InChI=1S/C17H18BrFN2O3/c1-17(2,3)24-21-15(10-4-6-13(19)12(18)8-10)16-14(23)7-5-11(9-22)20-16/h4-8,22-23H,9H2,1-3H3/b21-15+. The smallest absolute Gasteiger partial charge is 0.143 e. The quantitative estimate of drug-likeness (QED) is 0.609. The number of hydrogen-bond donors (Lipinski definition) is 2. The number of aliphatic hydroxyl groups excluding tert-OH is 1. The van der Waals surface area contributed by atoms with E-state index >= 15 is 0 Å². The Balaban J connectivity index is 2.61. The first-order valence-electron chi connectivity index (χ1n) is 7.23. The maximum absolute atomic E-state index is 13.5. The molecule has 128 valence electrons. The van der Waals surface area contributed by atoms with Gasteiger partial charge in [0.05, 0.1) is 16.8 Å². The number of aromatic hydroxyl groups is 1. The summed E-state index contributed by atoms with van der Waals surface area (Å²) in [6.07, 6.45) is 0. The van der Waals surface area contributed by atoms with E-state index in [0.29, 0.717) is 11.3 Å². The second-order valence-corrected chi connectivity index (χ2v) is 6.96. The highest BCUT2D eigenvalue weighted by molar-refractivity contribution is 9.10. The van der Waals surface area contributed by atoms with E-state index in [4.69, 9.17) is 4.84 Å². The van der Waals surface area contributed by atoms with Crippen molar-refractivity contribution in [3.8, 4) is 5.75 Å². The van der Waals surface area contributed by atoms with E-state index in [1.807, 2.05) is 20.8 Å². The van der Waals surface area contributed by atoms with Gasteiger partial charge in [0.15, 0.2) is 0 Å². The molecule has 1 aromatic heterocycles. The zero-order valence-electron chi connectivity index (χ0n) is 13.5. The summed E-state index contributed by atoms with van der Waals surface area (Å²) in [5, 5.41) is 23.5. The van der Waals surface area contributed by atoms with Crippen molar-refractivity contribution in [1.29, 1.82) is 0 Å². The highest BCUT2D eigenvalue weighted by atomic mass is 79.9. The Morgan fingerprint density at radius 2 is 2.00 bits per heavy atom. The third kappa shape index (κ3) is 4.52. The highest BCUT2D eigenvalue weighted by Crippen LogP contribution is 2.24. The van der Waals surface area contributed by atoms with Crippen molar-refractivity contribution in [3.63, 3.8) is 0 Å². The van der Waals surface area contributed by atoms with Gasteiger partial charge in [0.1, 0.15) is 28.6 Å². The Morgan fingerprint density at radius 3 is 2.58 bits per heavy atom. The van der Waals surface area contributed by atoms with Gasteiger partial charge in [-0.1, -0.05) is 5.16 Å². The molecule has 0 spiro atoms. The summed E-state index contributed by atoms with van der Waals surface area (Å²) in [4.78, 5) is 9.66. The second-order valence-electron chi connectivity index (χ2n) is 6.10. The van der Waals surface area contributed by atoms with Crippen LogP contribution in [0.25, 0.3) is 0 Å². The molecule has 0 aliphatic carbocycles. The zero-order chi connectivity index (χ0) is 17.9. The SMILES string of the molecule is CC(C)(C)O/N=C(\c1ccc(F)c(Br)c1)c1nc(CO)ccc1O. The lowest BCUT2D eigenvalue weighted by molar-refractivity contribution is 0.00110. The third-order valence-corrected chi connectivity index (χ3v) is 3.53. The first-order valence-corrected chi connectivity index (χ1v) is 8.02. The number of aliphatic hydroxyl groups is 1. The van der Waals surface area contributed by atoms with E-state index in [2.05, 4.69) is 26.1 Å². The van der Waals surface area contributed by atoms with E-state index in [1.54, 1.807) is 0 Å². The molecule has 2 aromatic rings. The van der Waals surface area contributed by atoms with Gasteiger partial charge in [0, 0.05) is 5.56 Å². The fraction of sp³-hybridized carbons (Fsp3) is 0.294. The summed E-state index contributed by atoms with van der Waals surface area (Å²) < 4.78 is 13.8. The maximum atomic E-state index is 13.5. The summed E-state index contributed by atoms with van der Waals surface area (Å²) in [5.41, 5.74) is 0.688. The van der Waals surface area contributed by atoms with Crippen molar-refractivity contribution in [2.45, 2.75) is 33.0 Å². The highest BCUT2D eigenvalue weighted by Gasteiger charge is 2.19. The molecule has 0 saturated heterocycles. The van der Waals surface area contributed by atoms with Gasteiger partial charge in [-0.2, -0.15) is 0 Å². The first kappa shape index (κ1) is 18.4. The van der Waals surface area contributed by atoms with Crippen LogP contribution in [0.3, 0.4) is 0 Å².